The molecule has 9 nitrogen and oxygen atoms in total. The number of pyridine rings is 1. The maximum atomic E-state index is 13.2. The number of carbonyl (C=O) groups excluding carboxylic acids is 3. The molecule has 182 valence electrons. The fourth-order valence-electron chi connectivity index (χ4n) is 3.86. The van der Waals surface area contributed by atoms with Crippen LogP contribution in [0, 0.1) is 5.82 Å². The molecule has 1 aliphatic heterocycles. The van der Waals surface area contributed by atoms with E-state index in [-0.39, 0.29) is 23.3 Å². The van der Waals surface area contributed by atoms with Gasteiger partial charge in [0.1, 0.15) is 17.6 Å². The minimum atomic E-state index is -0.779. The van der Waals surface area contributed by atoms with E-state index in [2.05, 4.69) is 20.7 Å². The maximum Gasteiger partial charge on any atom is 0.272 e. The third kappa shape index (κ3) is 6.08. The number of nitrogens with one attached hydrogen (secondary N) is 2. The van der Waals surface area contributed by atoms with Gasteiger partial charge >= 0.3 is 0 Å². The number of amides is 3. The number of hydrogen-bond acceptors (Lipinski definition) is 5. The number of aromatic nitrogens is 3. The van der Waals surface area contributed by atoms with Gasteiger partial charge in [0.2, 0.25) is 5.91 Å². The summed E-state index contributed by atoms with van der Waals surface area (Å²) >= 11 is 0. The van der Waals surface area contributed by atoms with E-state index in [9.17, 15) is 18.8 Å². The minimum Gasteiger partial charge on any atom is -0.354 e. The van der Waals surface area contributed by atoms with Crippen LogP contribution in [-0.4, -0.2) is 56.5 Å². The van der Waals surface area contributed by atoms with Crippen LogP contribution in [0.25, 0.3) is 0 Å². The summed E-state index contributed by atoms with van der Waals surface area (Å²) in [6.45, 7) is 3.33. The van der Waals surface area contributed by atoms with E-state index in [1.165, 1.54) is 22.9 Å². The van der Waals surface area contributed by atoms with Crippen LogP contribution in [0.15, 0.2) is 54.7 Å². The molecule has 4 rings (SSSR count). The van der Waals surface area contributed by atoms with Crippen LogP contribution in [0.2, 0.25) is 0 Å². The first-order valence-corrected chi connectivity index (χ1v) is 11.5. The zero-order valence-corrected chi connectivity index (χ0v) is 19.4. The monoisotopic (exact) mass is 478 g/mol. The Morgan fingerprint density at radius 2 is 1.94 bits per heavy atom. The van der Waals surface area contributed by atoms with Crippen LogP contribution in [-0.2, 0) is 24.3 Å². The molecule has 0 aliphatic carbocycles. The van der Waals surface area contributed by atoms with Crippen molar-refractivity contribution in [1.29, 1.82) is 0 Å². The second-order valence-electron chi connectivity index (χ2n) is 8.40. The first-order chi connectivity index (χ1) is 16.9. The Morgan fingerprint density at radius 3 is 2.69 bits per heavy atom. The average molecular weight is 479 g/mol. The summed E-state index contributed by atoms with van der Waals surface area (Å²) in [5.74, 6) is -1.44. The van der Waals surface area contributed by atoms with Crippen molar-refractivity contribution >= 4 is 17.7 Å². The highest BCUT2D eigenvalue weighted by Gasteiger charge is 2.27. The Balaban J connectivity index is 1.34. The normalized spacial score (nSPS) is 14.1. The van der Waals surface area contributed by atoms with Gasteiger partial charge in [0, 0.05) is 50.6 Å². The second kappa shape index (κ2) is 10.9. The van der Waals surface area contributed by atoms with Gasteiger partial charge in [-0.25, -0.2) is 4.39 Å². The van der Waals surface area contributed by atoms with E-state index in [1.807, 2.05) is 18.2 Å². The summed E-state index contributed by atoms with van der Waals surface area (Å²) < 4.78 is 14.7. The highest BCUT2D eigenvalue weighted by molar-refractivity contribution is 5.99. The summed E-state index contributed by atoms with van der Waals surface area (Å²) in [6, 6.07) is 12.3. The standard InChI is InChI=1S/C25H27FN6O3/c1-17(23(33)28-12-10-20-5-2-3-11-27-20)29-24(34)21-15-22-25(35)31(13-4-14-32(22)30-21)16-18-6-8-19(26)9-7-18/h2-3,5-9,11,15,17H,4,10,12-14,16H2,1H3,(H,28,33)(H,29,34)/t17-/m1/s1. The van der Waals surface area contributed by atoms with Crippen molar-refractivity contribution < 1.29 is 18.8 Å². The van der Waals surface area contributed by atoms with Gasteiger partial charge in [-0.05, 0) is 43.2 Å². The molecule has 1 aromatic carbocycles. The first-order valence-electron chi connectivity index (χ1n) is 11.5. The lowest BCUT2D eigenvalue weighted by Crippen LogP contribution is -2.45. The molecule has 3 amide bonds. The SMILES string of the molecule is C[C@@H](NC(=O)c1cc2n(n1)CCCN(Cc1ccc(F)cc1)C2=O)C(=O)NCCc1ccccn1. The largest absolute Gasteiger partial charge is 0.354 e. The summed E-state index contributed by atoms with van der Waals surface area (Å²) in [4.78, 5) is 44.1. The zero-order valence-electron chi connectivity index (χ0n) is 19.4. The predicted molar refractivity (Wildman–Crippen MR) is 126 cm³/mol. The third-order valence-corrected chi connectivity index (χ3v) is 5.75. The van der Waals surface area contributed by atoms with Crippen molar-refractivity contribution in [3.63, 3.8) is 0 Å². The van der Waals surface area contributed by atoms with Gasteiger partial charge in [-0.1, -0.05) is 18.2 Å². The second-order valence-corrected chi connectivity index (χ2v) is 8.40. The van der Waals surface area contributed by atoms with Crippen LogP contribution in [0.4, 0.5) is 4.39 Å². The summed E-state index contributed by atoms with van der Waals surface area (Å²) in [5.41, 5.74) is 2.06. The smallest absolute Gasteiger partial charge is 0.272 e. The fraction of sp³-hybridized carbons (Fsp3) is 0.320. The molecule has 3 heterocycles. The van der Waals surface area contributed by atoms with E-state index in [1.54, 1.807) is 30.2 Å². The minimum absolute atomic E-state index is 0.0742. The first kappa shape index (κ1) is 24.1. The summed E-state index contributed by atoms with van der Waals surface area (Å²) in [6.07, 6.45) is 2.94. The van der Waals surface area contributed by atoms with Crippen molar-refractivity contribution in [2.45, 2.75) is 38.9 Å². The molecule has 35 heavy (non-hydrogen) atoms. The van der Waals surface area contributed by atoms with Crippen molar-refractivity contribution in [2.24, 2.45) is 0 Å². The van der Waals surface area contributed by atoms with Crippen LogP contribution in [0.3, 0.4) is 0 Å². The molecule has 3 aromatic rings. The highest BCUT2D eigenvalue weighted by atomic mass is 19.1. The predicted octanol–water partition coefficient (Wildman–Crippen LogP) is 1.94. The fourth-order valence-corrected chi connectivity index (χ4v) is 3.86. The number of fused-ring (bicyclic) bond motifs is 1. The molecule has 2 aromatic heterocycles. The van der Waals surface area contributed by atoms with Crippen molar-refractivity contribution in [2.75, 3.05) is 13.1 Å². The summed E-state index contributed by atoms with van der Waals surface area (Å²) in [7, 11) is 0. The summed E-state index contributed by atoms with van der Waals surface area (Å²) in [5, 5.41) is 9.71. The number of nitrogens with zero attached hydrogens (tertiary/aromatic N) is 4. The van der Waals surface area contributed by atoms with Crippen LogP contribution in [0.1, 0.15) is 45.6 Å². The van der Waals surface area contributed by atoms with E-state index in [0.29, 0.717) is 44.7 Å². The lowest BCUT2D eigenvalue weighted by atomic mass is 10.2. The number of benzene rings is 1. The molecule has 0 saturated carbocycles. The van der Waals surface area contributed by atoms with Crippen molar-refractivity contribution in [1.82, 2.24) is 30.3 Å². The molecule has 10 heteroatoms. The molecule has 2 N–H and O–H groups in total. The number of halogens is 1. The number of carbonyl (C=O) groups is 3. The lowest BCUT2D eigenvalue weighted by Gasteiger charge is -2.20. The van der Waals surface area contributed by atoms with E-state index >= 15 is 0 Å². The highest BCUT2D eigenvalue weighted by Crippen LogP contribution is 2.17. The Hall–Kier alpha value is -4.08. The van der Waals surface area contributed by atoms with Crippen LogP contribution < -0.4 is 10.6 Å². The van der Waals surface area contributed by atoms with Crippen molar-refractivity contribution in [3.8, 4) is 0 Å². The quantitative estimate of drug-likeness (QED) is 0.514. The molecule has 0 unspecified atom stereocenters. The van der Waals surface area contributed by atoms with Crippen molar-refractivity contribution in [3.05, 3.63) is 83.2 Å². The number of hydrogen-bond donors (Lipinski definition) is 2. The zero-order chi connectivity index (χ0) is 24.8. The van der Waals surface area contributed by atoms with E-state index < -0.39 is 11.9 Å². The van der Waals surface area contributed by atoms with E-state index in [0.717, 1.165) is 11.3 Å². The van der Waals surface area contributed by atoms with Gasteiger partial charge in [-0.2, -0.15) is 5.10 Å². The van der Waals surface area contributed by atoms with Gasteiger partial charge < -0.3 is 15.5 Å². The molecule has 1 aliphatic rings. The Morgan fingerprint density at radius 1 is 1.14 bits per heavy atom. The van der Waals surface area contributed by atoms with Gasteiger partial charge in [0.15, 0.2) is 5.69 Å². The maximum absolute atomic E-state index is 13.2. The topological polar surface area (TPSA) is 109 Å². The van der Waals surface area contributed by atoms with Gasteiger partial charge in [-0.15, -0.1) is 0 Å². The van der Waals surface area contributed by atoms with Crippen LogP contribution >= 0.6 is 0 Å². The molecule has 0 radical (unpaired) electrons. The van der Waals surface area contributed by atoms with Crippen LogP contribution in [0.5, 0.6) is 0 Å². The van der Waals surface area contributed by atoms with Gasteiger partial charge in [0.25, 0.3) is 11.8 Å². The Bertz CT molecular complexity index is 1200. The molecule has 0 spiro atoms. The van der Waals surface area contributed by atoms with Gasteiger partial charge in [0.05, 0.1) is 0 Å². The average Bonchev–Trinajstić information content (AvgIpc) is 3.23. The lowest BCUT2D eigenvalue weighted by molar-refractivity contribution is -0.122. The molecule has 1 atom stereocenters. The third-order valence-electron chi connectivity index (χ3n) is 5.75. The molecular formula is C25H27FN6O3. The Kier molecular flexibility index (Phi) is 7.49. The number of rotatable bonds is 8. The number of aryl methyl sites for hydroxylation is 1. The molecular weight excluding hydrogens is 451 g/mol. The van der Waals surface area contributed by atoms with Gasteiger partial charge in [-0.3, -0.25) is 24.0 Å². The van der Waals surface area contributed by atoms with E-state index in [4.69, 9.17) is 0 Å². The Labute approximate surface area is 202 Å². The molecule has 0 fully saturated rings. The molecule has 0 saturated heterocycles. The molecule has 0 bridgehead atoms.